The van der Waals surface area contributed by atoms with Gasteiger partial charge in [0.15, 0.2) is 0 Å². The molecule has 0 aliphatic carbocycles. The van der Waals surface area contributed by atoms with Crippen LogP contribution in [0.4, 0.5) is 4.79 Å². The van der Waals surface area contributed by atoms with Crippen molar-refractivity contribution in [3.05, 3.63) is 23.2 Å². The first-order valence-corrected chi connectivity index (χ1v) is 6.68. The summed E-state index contributed by atoms with van der Waals surface area (Å²) < 4.78 is 5.38. The molecule has 7 heteroatoms. The fourth-order valence-electron chi connectivity index (χ4n) is 1.98. The van der Waals surface area contributed by atoms with Crippen LogP contribution in [-0.2, 0) is 9.59 Å². The average molecular weight is 296 g/mol. The van der Waals surface area contributed by atoms with Gasteiger partial charge in [-0.3, -0.25) is 14.9 Å². The van der Waals surface area contributed by atoms with E-state index in [0.717, 1.165) is 11.3 Å². The molecule has 0 saturated carbocycles. The Morgan fingerprint density at radius 3 is 2.48 bits per heavy atom. The Morgan fingerprint density at radius 1 is 1.29 bits per heavy atom. The number of amides is 3. The zero-order valence-electron chi connectivity index (χ0n) is 12.4. The summed E-state index contributed by atoms with van der Waals surface area (Å²) in [5.41, 5.74) is 0.848. The molecular formula is C14H20N2O5. The SMILES string of the molecule is Cc1cc(C(C)NC(=O)NC(=O)CCCC(=O)O)c(C)o1. The number of rotatable bonds is 6. The number of nitrogens with one attached hydrogen (secondary N) is 2. The number of carbonyl (C=O) groups excluding carboxylic acids is 2. The van der Waals surface area contributed by atoms with E-state index in [1.165, 1.54) is 0 Å². The molecule has 0 aliphatic heterocycles. The highest BCUT2D eigenvalue weighted by atomic mass is 16.4. The standard InChI is InChI=1S/C14H20N2O5/c1-8-7-11(10(3)21-8)9(2)15-14(20)16-12(17)5-4-6-13(18)19/h7,9H,4-6H2,1-3H3,(H,18,19)(H2,15,16,17,20). The molecule has 116 valence electrons. The van der Waals surface area contributed by atoms with Crippen LogP contribution in [0.5, 0.6) is 0 Å². The number of aryl methyl sites for hydroxylation is 2. The van der Waals surface area contributed by atoms with Crippen molar-refractivity contribution in [1.82, 2.24) is 10.6 Å². The van der Waals surface area contributed by atoms with E-state index in [9.17, 15) is 14.4 Å². The maximum absolute atomic E-state index is 11.7. The summed E-state index contributed by atoms with van der Waals surface area (Å²) in [6.07, 6.45) is 0.0981. The predicted molar refractivity (Wildman–Crippen MR) is 74.8 cm³/mol. The number of urea groups is 1. The van der Waals surface area contributed by atoms with Crippen LogP contribution in [0, 0.1) is 13.8 Å². The Labute approximate surface area is 122 Å². The lowest BCUT2D eigenvalue weighted by Gasteiger charge is -2.13. The molecule has 0 aromatic carbocycles. The van der Waals surface area contributed by atoms with Crippen molar-refractivity contribution in [2.75, 3.05) is 0 Å². The lowest BCUT2D eigenvalue weighted by Crippen LogP contribution is -2.40. The molecule has 3 amide bonds. The Balaban J connectivity index is 2.41. The quantitative estimate of drug-likeness (QED) is 0.744. The third-order valence-corrected chi connectivity index (χ3v) is 2.94. The number of carbonyl (C=O) groups is 3. The Kier molecular flexibility index (Phi) is 5.95. The molecule has 1 atom stereocenters. The van der Waals surface area contributed by atoms with Gasteiger partial charge >= 0.3 is 12.0 Å². The molecule has 3 N–H and O–H groups in total. The minimum absolute atomic E-state index is 0.00204. The fraction of sp³-hybridized carbons (Fsp3) is 0.500. The molecule has 1 aromatic heterocycles. The van der Waals surface area contributed by atoms with Gasteiger partial charge < -0.3 is 14.8 Å². The molecule has 0 fully saturated rings. The van der Waals surface area contributed by atoms with Crippen molar-refractivity contribution in [3.8, 4) is 0 Å². The lowest BCUT2D eigenvalue weighted by atomic mass is 10.1. The van der Waals surface area contributed by atoms with Gasteiger partial charge in [0.2, 0.25) is 5.91 Å². The minimum atomic E-state index is -0.966. The zero-order chi connectivity index (χ0) is 16.0. The van der Waals surface area contributed by atoms with E-state index in [1.807, 2.05) is 13.0 Å². The summed E-state index contributed by atoms with van der Waals surface area (Å²) in [6.45, 7) is 5.40. The van der Waals surface area contributed by atoms with E-state index in [0.29, 0.717) is 5.76 Å². The smallest absolute Gasteiger partial charge is 0.321 e. The van der Waals surface area contributed by atoms with Gasteiger partial charge in [-0.1, -0.05) is 0 Å². The van der Waals surface area contributed by atoms with Crippen molar-refractivity contribution in [2.24, 2.45) is 0 Å². The van der Waals surface area contributed by atoms with E-state index in [1.54, 1.807) is 13.8 Å². The van der Waals surface area contributed by atoms with Crippen LogP contribution >= 0.6 is 0 Å². The number of hydrogen-bond donors (Lipinski definition) is 3. The number of aliphatic carboxylic acids is 1. The fourth-order valence-corrected chi connectivity index (χ4v) is 1.98. The second-order valence-corrected chi connectivity index (χ2v) is 4.86. The van der Waals surface area contributed by atoms with E-state index < -0.39 is 17.9 Å². The molecule has 7 nitrogen and oxygen atoms in total. The number of imide groups is 1. The molecule has 1 rings (SSSR count). The summed E-state index contributed by atoms with van der Waals surface area (Å²) in [4.78, 5) is 33.4. The molecule has 0 bridgehead atoms. The van der Waals surface area contributed by atoms with Crippen LogP contribution in [0.3, 0.4) is 0 Å². The van der Waals surface area contributed by atoms with E-state index in [-0.39, 0.29) is 25.3 Å². The van der Waals surface area contributed by atoms with Crippen molar-refractivity contribution in [1.29, 1.82) is 0 Å². The summed E-state index contributed by atoms with van der Waals surface area (Å²) in [6, 6.07) is 0.921. The third kappa shape index (κ3) is 5.68. The van der Waals surface area contributed by atoms with E-state index in [4.69, 9.17) is 9.52 Å². The van der Waals surface area contributed by atoms with Crippen molar-refractivity contribution >= 4 is 17.9 Å². The van der Waals surface area contributed by atoms with Gasteiger partial charge in [0.05, 0.1) is 6.04 Å². The molecule has 21 heavy (non-hydrogen) atoms. The zero-order valence-corrected chi connectivity index (χ0v) is 12.4. The topological polar surface area (TPSA) is 109 Å². The molecular weight excluding hydrogens is 276 g/mol. The predicted octanol–water partition coefficient (Wildman–Crippen LogP) is 2.04. The van der Waals surface area contributed by atoms with Crippen LogP contribution in [0.15, 0.2) is 10.5 Å². The molecule has 0 saturated heterocycles. The first kappa shape index (κ1) is 16.7. The van der Waals surface area contributed by atoms with Gasteiger partial charge in [0.25, 0.3) is 0 Å². The second kappa shape index (κ2) is 7.47. The average Bonchev–Trinajstić information content (AvgIpc) is 2.67. The first-order valence-electron chi connectivity index (χ1n) is 6.68. The number of hydrogen-bond acceptors (Lipinski definition) is 4. The summed E-state index contributed by atoms with van der Waals surface area (Å²) in [5.74, 6) is 0.00196. The lowest BCUT2D eigenvalue weighted by molar-refractivity contribution is -0.137. The highest BCUT2D eigenvalue weighted by Gasteiger charge is 2.16. The minimum Gasteiger partial charge on any atom is -0.481 e. The van der Waals surface area contributed by atoms with Crippen molar-refractivity contribution in [3.63, 3.8) is 0 Å². The highest BCUT2D eigenvalue weighted by molar-refractivity contribution is 5.94. The molecule has 1 unspecified atom stereocenters. The number of carboxylic acids is 1. The summed E-state index contributed by atoms with van der Waals surface area (Å²) in [7, 11) is 0. The van der Waals surface area contributed by atoms with Crippen LogP contribution in [0.2, 0.25) is 0 Å². The number of carboxylic acid groups (broad SMARTS) is 1. The van der Waals surface area contributed by atoms with Gasteiger partial charge in [-0.2, -0.15) is 0 Å². The maximum Gasteiger partial charge on any atom is 0.321 e. The van der Waals surface area contributed by atoms with Crippen molar-refractivity contribution in [2.45, 2.75) is 46.1 Å². The molecule has 1 heterocycles. The first-order chi connectivity index (χ1) is 9.79. The molecule has 0 radical (unpaired) electrons. The van der Waals surface area contributed by atoms with E-state index >= 15 is 0 Å². The third-order valence-electron chi connectivity index (χ3n) is 2.94. The second-order valence-electron chi connectivity index (χ2n) is 4.86. The Morgan fingerprint density at radius 2 is 1.95 bits per heavy atom. The Bertz CT molecular complexity index is 535. The molecule has 1 aromatic rings. The van der Waals surface area contributed by atoms with E-state index in [2.05, 4.69) is 10.6 Å². The Hall–Kier alpha value is -2.31. The van der Waals surface area contributed by atoms with Gasteiger partial charge in [-0.25, -0.2) is 4.79 Å². The normalized spacial score (nSPS) is 11.8. The van der Waals surface area contributed by atoms with Crippen molar-refractivity contribution < 1.29 is 23.9 Å². The van der Waals surface area contributed by atoms with Gasteiger partial charge in [0, 0.05) is 18.4 Å². The largest absolute Gasteiger partial charge is 0.481 e. The highest BCUT2D eigenvalue weighted by Crippen LogP contribution is 2.20. The van der Waals surface area contributed by atoms with Gasteiger partial charge in [0.1, 0.15) is 11.5 Å². The van der Waals surface area contributed by atoms with Crippen LogP contribution in [0.25, 0.3) is 0 Å². The van der Waals surface area contributed by atoms with Crippen LogP contribution in [0.1, 0.15) is 49.3 Å². The molecule has 0 aliphatic rings. The maximum atomic E-state index is 11.7. The number of furan rings is 1. The summed E-state index contributed by atoms with van der Waals surface area (Å²) >= 11 is 0. The van der Waals surface area contributed by atoms with Gasteiger partial charge in [-0.15, -0.1) is 0 Å². The van der Waals surface area contributed by atoms with Gasteiger partial charge in [-0.05, 0) is 33.3 Å². The summed E-state index contributed by atoms with van der Waals surface area (Å²) in [5, 5.41) is 13.3. The van der Waals surface area contributed by atoms with Crippen LogP contribution in [-0.4, -0.2) is 23.0 Å². The van der Waals surface area contributed by atoms with Crippen LogP contribution < -0.4 is 10.6 Å². The molecule has 0 spiro atoms. The monoisotopic (exact) mass is 296 g/mol.